The molecular weight excluding hydrogens is 323 g/mol. The number of H-pyrrole nitrogens is 1. The minimum Gasteiger partial charge on any atom is -0.392 e. The molecule has 0 spiro atoms. The number of likely N-dealkylation sites (tertiary alicyclic amines) is 1. The normalized spacial score (nSPS) is 21.6. The molecule has 2 aromatic rings. The number of aromatic nitrogens is 2. The first-order valence-electron chi connectivity index (χ1n) is 8.77. The number of imidazole rings is 1. The van der Waals surface area contributed by atoms with Crippen LogP contribution in [0.1, 0.15) is 19.2 Å². The van der Waals surface area contributed by atoms with Crippen molar-refractivity contribution >= 4 is 16.9 Å². The van der Waals surface area contributed by atoms with E-state index in [2.05, 4.69) is 14.9 Å². The number of hydrogen-bond donors (Lipinski definition) is 2. The molecular formula is C18H25FN4O2. The molecule has 2 atom stereocenters. The SMILES string of the molecule is CCN(CCc1nc2ccc(F)cc2[nH]1)C(=O)[C@@H]1CN(C)CC[C@H]1O. The molecule has 2 heterocycles. The van der Waals surface area contributed by atoms with Crippen molar-refractivity contribution in [1.29, 1.82) is 0 Å². The van der Waals surface area contributed by atoms with Gasteiger partial charge in [0.15, 0.2) is 0 Å². The molecule has 136 valence electrons. The number of piperidine rings is 1. The Bertz CT molecular complexity index is 748. The van der Waals surface area contributed by atoms with Gasteiger partial charge in [0.25, 0.3) is 0 Å². The first kappa shape index (κ1) is 17.8. The molecule has 0 bridgehead atoms. The molecule has 0 radical (unpaired) electrons. The molecule has 0 saturated carbocycles. The average molecular weight is 348 g/mol. The maximum absolute atomic E-state index is 13.3. The van der Waals surface area contributed by atoms with E-state index >= 15 is 0 Å². The first-order chi connectivity index (χ1) is 12.0. The maximum atomic E-state index is 13.3. The van der Waals surface area contributed by atoms with E-state index < -0.39 is 6.10 Å². The zero-order chi connectivity index (χ0) is 18.0. The van der Waals surface area contributed by atoms with Gasteiger partial charge in [0.2, 0.25) is 5.91 Å². The summed E-state index contributed by atoms with van der Waals surface area (Å²) < 4.78 is 13.3. The highest BCUT2D eigenvalue weighted by Gasteiger charge is 2.34. The summed E-state index contributed by atoms with van der Waals surface area (Å²) in [7, 11) is 1.97. The minimum absolute atomic E-state index is 0.0105. The molecule has 1 saturated heterocycles. The molecule has 7 heteroatoms. The number of aliphatic hydroxyl groups is 1. The van der Waals surface area contributed by atoms with Crippen molar-refractivity contribution in [2.75, 3.05) is 33.2 Å². The van der Waals surface area contributed by atoms with Gasteiger partial charge in [0.1, 0.15) is 11.6 Å². The highest BCUT2D eigenvalue weighted by Crippen LogP contribution is 2.19. The predicted octanol–water partition coefficient (Wildman–Crippen LogP) is 1.41. The number of carbonyl (C=O) groups excluding carboxylic acids is 1. The molecule has 1 aliphatic rings. The highest BCUT2D eigenvalue weighted by molar-refractivity contribution is 5.80. The Kier molecular flexibility index (Phi) is 5.34. The van der Waals surface area contributed by atoms with E-state index in [1.54, 1.807) is 11.0 Å². The third-order valence-electron chi connectivity index (χ3n) is 4.90. The zero-order valence-electron chi connectivity index (χ0n) is 14.7. The third kappa shape index (κ3) is 3.99. The number of aromatic amines is 1. The lowest BCUT2D eigenvalue weighted by atomic mass is 9.93. The zero-order valence-corrected chi connectivity index (χ0v) is 14.7. The number of amides is 1. The summed E-state index contributed by atoms with van der Waals surface area (Å²) >= 11 is 0. The second-order valence-corrected chi connectivity index (χ2v) is 6.74. The predicted molar refractivity (Wildman–Crippen MR) is 93.6 cm³/mol. The lowest BCUT2D eigenvalue weighted by molar-refractivity contribution is -0.141. The Labute approximate surface area is 146 Å². The quantitative estimate of drug-likeness (QED) is 0.857. The molecule has 1 aliphatic heterocycles. The van der Waals surface area contributed by atoms with E-state index in [4.69, 9.17) is 0 Å². The van der Waals surface area contributed by atoms with Crippen molar-refractivity contribution in [3.8, 4) is 0 Å². The minimum atomic E-state index is -0.577. The largest absolute Gasteiger partial charge is 0.392 e. The highest BCUT2D eigenvalue weighted by atomic mass is 19.1. The number of nitrogens with one attached hydrogen (secondary N) is 1. The van der Waals surface area contributed by atoms with Gasteiger partial charge in [0, 0.05) is 32.6 Å². The number of rotatable bonds is 5. The lowest BCUT2D eigenvalue weighted by Gasteiger charge is -2.35. The van der Waals surface area contributed by atoms with Crippen LogP contribution in [-0.2, 0) is 11.2 Å². The van der Waals surface area contributed by atoms with Gasteiger partial charge in [-0.15, -0.1) is 0 Å². The second kappa shape index (κ2) is 7.49. The Hall–Kier alpha value is -1.99. The molecule has 1 fully saturated rings. The van der Waals surface area contributed by atoms with Gasteiger partial charge >= 0.3 is 0 Å². The molecule has 6 nitrogen and oxygen atoms in total. The van der Waals surface area contributed by atoms with E-state index in [9.17, 15) is 14.3 Å². The molecule has 3 rings (SSSR count). The summed E-state index contributed by atoms with van der Waals surface area (Å²) in [4.78, 5) is 24.2. The van der Waals surface area contributed by atoms with Crippen LogP contribution in [0, 0.1) is 11.7 Å². The number of fused-ring (bicyclic) bond motifs is 1. The van der Waals surface area contributed by atoms with E-state index in [0.29, 0.717) is 38.0 Å². The van der Waals surface area contributed by atoms with E-state index in [0.717, 1.165) is 17.9 Å². The number of halogens is 1. The van der Waals surface area contributed by atoms with Crippen LogP contribution in [0.3, 0.4) is 0 Å². The lowest BCUT2D eigenvalue weighted by Crippen LogP contribution is -2.50. The monoisotopic (exact) mass is 348 g/mol. The number of aliphatic hydroxyl groups excluding tert-OH is 1. The van der Waals surface area contributed by atoms with Crippen LogP contribution in [0.25, 0.3) is 11.0 Å². The summed E-state index contributed by atoms with van der Waals surface area (Å²) in [6, 6.07) is 4.44. The fourth-order valence-corrected chi connectivity index (χ4v) is 3.40. The van der Waals surface area contributed by atoms with Gasteiger partial charge < -0.3 is 19.9 Å². The van der Waals surface area contributed by atoms with Crippen LogP contribution < -0.4 is 0 Å². The number of hydrogen-bond acceptors (Lipinski definition) is 4. The van der Waals surface area contributed by atoms with Gasteiger partial charge in [-0.2, -0.15) is 0 Å². The molecule has 2 N–H and O–H groups in total. The van der Waals surface area contributed by atoms with E-state index in [1.807, 2.05) is 14.0 Å². The summed E-state index contributed by atoms with van der Waals surface area (Å²) in [6.45, 7) is 4.43. The maximum Gasteiger partial charge on any atom is 0.229 e. The standard InChI is InChI=1S/C18H25FN4O2/c1-3-23(18(25)13-11-22(2)8-6-16(13)24)9-7-17-20-14-5-4-12(19)10-15(14)21-17/h4-5,10,13,16,24H,3,6-9,11H2,1-2H3,(H,20,21)/t13-,16-/m1/s1. The van der Waals surface area contributed by atoms with Crippen LogP contribution >= 0.6 is 0 Å². The van der Waals surface area contributed by atoms with Crippen LogP contribution in [0.2, 0.25) is 0 Å². The molecule has 1 aromatic heterocycles. The average Bonchev–Trinajstić information content (AvgIpc) is 2.99. The van der Waals surface area contributed by atoms with Gasteiger partial charge in [-0.05, 0) is 38.6 Å². The van der Waals surface area contributed by atoms with Crippen molar-refractivity contribution in [3.63, 3.8) is 0 Å². The number of carbonyl (C=O) groups is 1. The fourth-order valence-electron chi connectivity index (χ4n) is 3.40. The second-order valence-electron chi connectivity index (χ2n) is 6.74. The molecule has 25 heavy (non-hydrogen) atoms. The Morgan fingerprint density at radius 1 is 1.52 bits per heavy atom. The van der Waals surface area contributed by atoms with Gasteiger partial charge in [-0.3, -0.25) is 4.79 Å². The molecule has 1 amide bonds. The summed E-state index contributed by atoms with van der Waals surface area (Å²) in [5, 5.41) is 10.2. The molecule has 0 aliphatic carbocycles. The van der Waals surface area contributed by atoms with Gasteiger partial charge in [-0.25, -0.2) is 9.37 Å². The van der Waals surface area contributed by atoms with E-state index in [-0.39, 0.29) is 17.6 Å². The number of benzene rings is 1. The summed E-state index contributed by atoms with van der Waals surface area (Å²) in [6.07, 6.45) is 0.612. The van der Waals surface area contributed by atoms with Crippen LogP contribution in [0.5, 0.6) is 0 Å². The first-order valence-corrected chi connectivity index (χ1v) is 8.77. The van der Waals surface area contributed by atoms with Crippen LogP contribution in [0.4, 0.5) is 4.39 Å². The van der Waals surface area contributed by atoms with Crippen LogP contribution in [0.15, 0.2) is 18.2 Å². The third-order valence-corrected chi connectivity index (χ3v) is 4.90. The summed E-state index contributed by atoms with van der Waals surface area (Å²) in [5.74, 6) is 0.0452. The topological polar surface area (TPSA) is 72.5 Å². The van der Waals surface area contributed by atoms with E-state index in [1.165, 1.54) is 12.1 Å². The fraction of sp³-hybridized carbons (Fsp3) is 0.556. The van der Waals surface area contributed by atoms with Crippen molar-refractivity contribution in [2.24, 2.45) is 5.92 Å². The van der Waals surface area contributed by atoms with Crippen molar-refractivity contribution < 1.29 is 14.3 Å². The number of likely N-dealkylation sites (N-methyl/N-ethyl adjacent to an activating group) is 1. The van der Waals surface area contributed by atoms with Crippen LogP contribution in [-0.4, -0.2) is 70.1 Å². The van der Waals surface area contributed by atoms with Crippen molar-refractivity contribution in [1.82, 2.24) is 19.8 Å². The van der Waals surface area contributed by atoms with Crippen molar-refractivity contribution in [3.05, 3.63) is 29.8 Å². The number of nitrogens with zero attached hydrogens (tertiary/aromatic N) is 3. The van der Waals surface area contributed by atoms with Gasteiger partial charge in [0.05, 0.1) is 23.1 Å². The molecule has 0 unspecified atom stereocenters. The van der Waals surface area contributed by atoms with Crippen molar-refractivity contribution in [2.45, 2.75) is 25.9 Å². The Balaban J connectivity index is 1.65. The molecule has 1 aromatic carbocycles. The van der Waals surface area contributed by atoms with Gasteiger partial charge in [-0.1, -0.05) is 0 Å². The Morgan fingerprint density at radius 2 is 2.32 bits per heavy atom. The Morgan fingerprint density at radius 3 is 3.08 bits per heavy atom. The summed E-state index contributed by atoms with van der Waals surface area (Å²) in [5.41, 5.74) is 1.38. The smallest absolute Gasteiger partial charge is 0.229 e.